The van der Waals surface area contributed by atoms with Gasteiger partial charge in [0.25, 0.3) is 0 Å². The van der Waals surface area contributed by atoms with E-state index in [4.69, 9.17) is 0 Å². The van der Waals surface area contributed by atoms with Crippen molar-refractivity contribution in [3.05, 3.63) is 65.2 Å². The van der Waals surface area contributed by atoms with Crippen molar-refractivity contribution in [1.29, 1.82) is 0 Å². The van der Waals surface area contributed by atoms with E-state index in [0.29, 0.717) is 17.7 Å². The van der Waals surface area contributed by atoms with Crippen molar-refractivity contribution in [1.82, 2.24) is 5.32 Å². The SMILES string of the molecule is CNC(=O)[C@H]1Cc2ccccc2N1C(=O)Cc1ccccc1C(=O)O. The molecule has 6 nitrogen and oxygen atoms in total. The fourth-order valence-corrected chi connectivity index (χ4v) is 3.20. The van der Waals surface area contributed by atoms with Crippen LogP contribution in [-0.4, -0.2) is 36.0 Å². The minimum atomic E-state index is -1.08. The molecule has 0 bridgehead atoms. The Morgan fingerprint density at radius 3 is 2.52 bits per heavy atom. The van der Waals surface area contributed by atoms with E-state index in [0.717, 1.165) is 5.56 Å². The highest BCUT2D eigenvalue weighted by atomic mass is 16.4. The smallest absolute Gasteiger partial charge is 0.335 e. The number of para-hydroxylation sites is 1. The Labute approximate surface area is 145 Å². The van der Waals surface area contributed by atoms with Crippen molar-refractivity contribution in [2.24, 2.45) is 0 Å². The molecule has 6 heteroatoms. The lowest BCUT2D eigenvalue weighted by Gasteiger charge is -2.24. The number of carboxylic acid groups (broad SMARTS) is 1. The van der Waals surface area contributed by atoms with Crippen molar-refractivity contribution in [2.75, 3.05) is 11.9 Å². The Morgan fingerprint density at radius 1 is 1.12 bits per heavy atom. The maximum atomic E-state index is 12.9. The number of hydrogen-bond donors (Lipinski definition) is 2. The van der Waals surface area contributed by atoms with Crippen LogP contribution in [0.5, 0.6) is 0 Å². The van der Waals surface area contributed by atoms with Crippen LogP contribution in [0.25, 0.3) is 0 Å². The van der Waals surface area contributed by atoms with Crippen LogP contribution in [0.15, 0.2) is 48.5 Å². The molecule has 0 aromatic heterocycles. The summed E-state index contributed by atoms with van der Waals surface area (Å²) in [6.45, 7) is 0. The van der Waals surface area contributed by atoms with Gasteiger partial charge in [-0.15, -0.1) is 0 Å². The number of fused-ring (bicyclic) bond motifs is 1. The number of nitrogens with one attached hydrogen (secondary N) is 1. The molecule has 0 radical (unpaired) electrons. The number of benzene rings is 2. The van der Waals surface area contributed by atoms with Crippen molar-refractivity contribution in [3.8, 4) is 0 Å². The third-order valence-corrected chi connectivity index (χ3v) is 4.38. The zero-order valence-electron chi connectivity index (χ0n) is 13.7. The van der Waals surface area contributed by atoms with Gasteiger partial charge in [-0.1, -0.05) is 36.4 Å². The summed E-state index contributed by atoms with van der Waals surface area (Å²) in [7, 11) is 1.54. The fourth-order valence-electron chi connectivity index (χ4n) is 3.20. The molecule has 0 saturated carbocycles. The van der Waals surface area contributed by atoms with E-state index < -0.39 is 12.0 Å². The molecule has 1 aliphatic rings. The minimum Gasteiger partial charge on any atom is -0.478 e. The molecular weight excluding hydrogens is 320 g/mol. The first kappa shape index (κ1) is 16.7. The predicted octanol–water partition coefficient (Wildman–Crippen LogP) is 1.63. The molecule has 1 atom stereocenters. The third-order valence-electron chi connectivity index (χ3n) is 4.38. The van der Waals surface area contributed by atoms with Crippen molar-refractivity contribution >= 4 is 23.5 Å². The standard InChI is InChI=1S/C19H18N2O4/c1-20-18(23)16-10-13-7-3-5-9-15(13)21(16)17(22)11-12-6-2-4-8-14(12)19(24)25/h2-9,16H,10-11H2,1H3,(H,20,23)(H,24,25)/t16-/m1/s1. The molecule has 2 amide bonds. The van der Waals surface area contributed by atoms with E-state index in [1.165, 1.54) is 18.0 Å². The zero-order chi connectivity index (χ0) is 18.0. The van der Waals surface area contributed by atoms with Gasteiger partial charge in [-0.05, 0) is 23.3 Å². The molecule has 0 aliphatic carbocycles. The van der Waals surface area contributed by atoms with Gasteiger partial charge in [-0.3, -0.25) is 14.5 Å². The summed E-state index contributed by atoms with van der Waals surface area (Å²) in [6.07, 6.45) is 0.368. The van der Waals surface area contributed by atoms with Crippen LogP contribution in [0.2, 0.25) is 0 Å². The van der Waals surface area contributed by atoms with Crippen LogP contribution >= 0.6 is 0 Å². The van der Waals surface area contributed by atoms with Gasteiger partial charge in [0, 0.05) is 19.2 Å². The van der Waals surface area contributed by atoms with E-state index in [1.54, 1.807) is 24.3 Å². The average molecular weight is 338 g/mol. The van der Waals surface area contributed by atoms with Gasteiger partial charge in [-0.2, -0.15) is 0 Å². The molecule has 2 aromatic rings. The number of aromatic carboxylic acids is 1. The summed E-state index contributed by atoms with van der Waals surface area (Å²) in [4.78, 5) is 38.0. The second-order valence-corrected chi connectivity index (χ2v) is 5.87. The molecular formula is C19H18N2O4. The quantitative estimate of drug-likeness (QED) is 0.887. The number of rotatable bonds is 4. The number of hydrogen-bond acceptors (Lipinski definition) is 3. The van der Waals surface area contributed by atoms with Crippen LogP contribution in [0.1, 0.15) is 21.5 Å². The fraction of sp³-hybridized carbons (Fsp3) is 0.211. The summed E-state index contributed by atoms with van der Waals surface area (Å²) in [5.74, 6) is -1.61. The first-order valence-electron chi connectivity index (χ1n) is 7.95. The van der Waals surface area contributed by atoms with Crippen molar-refractivity contribution in [3.63, 3.8) is 0 Å². The van der Waals surface area contributed by atoms with Crippen molar-refractivity contribution < 1.29 is 19.5 Å². The Balaban J connectivity index is 1.94. The summed E-state index contributed by atoms with van der Waals surface area (Å²) >= 11 is 0. The largest absolute Gasteiger partial charge is 0.478 e. The van der Waals surface area contributed by atoms with Gasteiger partial charge < -0.3 is 10.4 Å². The van der Waals surface area contributed by atoms with Crippen LogP contribution in [0.3, 0.4) is 0 Å². The number of carboxylic acids is 1. The highest BCUT2D eigenvalue weighted by Crippen LogP contribution is 2.32. The highest BCUT2D eigenvalue weighted by Gasteiger charge is 2.37. The van der Waals surface area contributed by atoms with E-state index >= 15 is 0 Å². The number of carbonyl (C=O) groups is 3. The second kappa shape index (κ2) is 6.76. The first-order valence-corrected chi connectivity index (χ1v) is 7.95. The van der Waals surface area contributed by atoms with Crippen molar-refractivity contribution in [2.45, 2.75) is 18.9 Å². The molecule has 2 N–H and O–H groups in total. The number of likely N-dealkylation sites (N-methyl/N-ethyl adjacent to an activating group) is 1. The van der Waals surface area contributed by atoms with Gasteiger partial charge in [0.05, 0.1) is 12.0 Å². The predicted molar refractivity (Wildman–Crippen MR) is 92.6 cm³/mol. The van der Waals surface area contributed by atoms with Crippen LogP contribution in [0.4, 0.5) is 5.69 Å². The number of anilines is 1. The third kappa shape index (κ3) is 3.10. The van der Waals surface area contributed by atoms with Gasteiger partial charge >= 0.3 is 5.97 Å². The highest BCUT2D eigenvalue weighted by molar-refractivity contribution is 6.05. The van der Waals surface area contributed by atoms with E-state index in [-0.39, 0.29) is 23.8 Å². The molecule has 2 aromatic carbocycles. The Bertz CT molecular complexity index is 847. The van der Waals surface area contributed by atoms with Crippen LogP contribution in [-0.2, 0) is 22.4 Å². The van der Waals surface area contributed by atoms with Gasteiger partial charge in [0.15, 0.2) is 0 Å². The number of amides is 2. The molecule has 0 spiro atoms. The summed E-state index contributed by atoms with van der Waals surface area (Å²) < 4.78 is 0. The maximum Gasteiger partial charge on any atom is 0.335 e. The maximum absolute atomic E-state index is 12.9. The Morgan fingerprint density at radius 2 is 1.80 bits per heavy atom. The monoisotopic (exact) mass is 338 g/mol. The molecule has 0 fully saturated rings. The van der Waals surface area contributed by atoms with E-state index in [9.17, 15) is 19.5 Å². The second-order valence-electron chi connectivity index (χ2n) is 5.87. The molecule has 128 valence electrons. The lowest BCUT2D eigenvalue weighted by molar-refractivity contribution is -0.125. The summed E-state index contributed by atoms with van der Waals surface area (Å²) in [6, 6.07) is 13.2. The summed E-state index contributed by atoms with van der Waals surface area (Å²) in [5.41, 5.74) is 2.16. The van der Waals surface area contributed by atoms with Crippen LogP contribution in [0, 0.1) is 0 Å². The Hall–Kier alpha value is -3.15. The molecule has 1 heterocycles. The average Bonchev–Trinajstić information content (AvgIpc) is 3.01. The molecule has 3 rings (SSSR count). The van der Waals surface area contributed by atoms with E-state index in [2.05, 4.69) is 5.32 Å². The zero-order valence-corrected chi connectivity index (χ0v) is 13.7. The minimum absolute atomic E-state index is 0.0791. The molecule has 1 aliphatic heterocycles. The number of nitrogens with zero attached hydrogens (tertiary/aromatic N) is 1. The number of carbonyl (C=O) groups excluding carboxylic acids is 2. The van der Waals surface area contributed by atoms with Gasteiger partial charge in [-0.25, -0.2) is 4.79 Å². The first-order chi connectivity index (χ1) is 12.0. The summed E-state index contributed by atoms with van der Waals surface area (Å²) in [5, 5.41) is 11.9. The molecule has 0 saturated heterocycles. The molecule has 25 heavy (non-hydrogen) atoms. The Kier molecular flexibility index (Phi) is 4.52. The lowest BCUT2D eigenvalue weighted by Crippen LogP contribution is -2.47. The van der Waals surface area contributed by atoms with Crippen LogP contribution < -0.4 is 10.2 Å². The normalized spacial score (nSPS) is 15.6. The van der Waals surface area contributed by atoms with Gasteiger partial charge in [0.2, 0.25) is 11.8 Å². The van der Waals surface area contributed by atoms with E-state index in [1.807, 2.05) is 18.2 Å². The topological polar surface area (TPSA) is 86.7 Å². The molecule has 0 unspecified atom stereocenters. The van der Waals surface area contributed by atoms with Gasteiger partial charge in [0.1, 0.15) is 6.04 Å². The lowest BCUT2D eigenvalue weighted by atomic mass is 10.0.